The Balaban J connectivity index is 0.000000312. The highest BCUT2D eigenvalue weighted by Gasteiger charge is 2.53. The van der Waals surface area contributed by atoms with Crippen molar-refractivity contribution in [1.82, 2.24) is 4.90 Å². The van der Waals surface area contributed by atoms with E-state index in [1.165, 1.54) is 16.7 Å². The summed E-state index contributed by atoms with van der Waals surface area (Å²) >= 11 is 0. The van der Waals surface area contributed by atoms with Gasteiger partial charge in [-0.05, 0) is 50.9 Å². The van der Waals surface area contributed by atoms with Gasteiger partial charge in [0, 0.05) is 12.5 Å². The van der Waals surface area contributed by atoms with Crippen LogP contribution in [0.15, 0.2) is 91.0 Å². The fourth-order valence-corrected chi connectivity index (χ4v) is 4.68. The highest BCUT2D eigenvalue weighted by atomic mass is 16.6. The number of rotatable bonds is 4. The predicted molar refractivity (Wildman–Crippen MR) is 130 cm³/mol. The van der Waals surface area contributed by atoms with Crippen molar-refractivity contribution in [3.05, 3.63) is 108 Å². The van der Waals surface area contributed by atoms with Crippen LogP contribution in [-0.4, -0.2) is 30.2 Å². The number of benzene rings is 3. The smallest absolute Gasteiger partial charge is 0.405 e. The lowest BCUT2D eigenvalue weighted by molar-refractivity contribution is -0.0350. The average molecular weight is 431 g/mol. The normalized spacial score (nSPS) is 17.4. The molecule has 1 aliphatic heterocycles. The quantitative estimate of drug-likeness (QED) is 0.585. The Bertz CT molecular complexity index is 943. The number of likely N-dealkylation sites (tertiary alicyclic amines) is 1. The van der Waals surface area contributed by atoms with Crippen LogP contribution in [0.1, 0.15) is 37.5 Å². The number of hydrogen-bond donors (Lipinski definition) is 1. The molecule has 0 spiro atoms. The fourth-order valence-electron chi connectivity index (χ4n) is 4.68. The number of amides is 1. The Kier molecular flexibility index (Phi) is 7.37. The first kappa shape index (κ1) is 23.6. The molecule has 1 unspecified atom stereocenters. The van der Waals surface area contributed by atoms with E-state index < -0.39 is 11.7 Å². The van der Waals surface area contributed by atoms with Crippen molar-refractivity contribution in [2.24, 2.45) is 11.7 Å². The highest BCUT2D eigenvalue weighted by molar-refractivity contribution is 5.65. The van der Waals surface area contributed by atoms with Crippen LogP contribution in [0.4, 0.5) is 4.79 Å². The number of carbonyl (C=O) groups excluding carboxylic acids is 1. The third kappa shape index (κ3) is 5.38. The van der Waals surface area contributed by atoms with Crippen molar-refractivity contribution in [1.29, 1.82) is 0 Å². The summed E-state index contributed by atoms with van der Waals surface area (Å²) in [5, 5.41) is 0. The molecule has 1 fully saturated rings. The predicted octanol–water partition coefficient (Wildman–Crippen LogP) is 5.61. The average Bonchev–Trinajstić information content (AvgIpc) is 2.75. The van der Waals surface area contributed by atoms with Gasteiger partial charge in [-0.1, -0.05) is 91.0 Å². The Labute approximate surface area is 192 Å². The minimum Gasteiger partial charge on any atom is -0.444 e. The molecule has 4 heteroatoms. The highest BCUT2D eigenvalue weighted by Crippen LogP contribution is 2.50. The maximum Gasteiger partial charge on any atom is 0.405 e. The molecule has 2 N–H and O–H groups in total. The van der Waals surface area contributed by atoms with E-state index in [1.54, 1.807) is 20.8 Å². The van der Waals surface area contributed by atoms with E-state index in [2.05, 4.69) is 108 Å². The lowest BCUT2D eigenvalue weighted by Gasteiger charge is -2.58. The zero-order valence-corrected chi connectivity index (χ0v) is 19.5. The van der Waals surface area contributed by atoms with Crippen molar-refractivity contribution < 1.29 is 9.53 Å². The summed E-state index contributed by atoms with van der Waals surface area (Å²) in [6.45, 7) is 6.41. The van der Waals surface area contributed by atoms with Crippen LogP contribution in [0.2, 0.25) is 0 Å². The fraction of sp³-hybridized carbons (Fsp3) is 0.321. The summed E-state index contributed by atoms with van der Waals surface area (Å²) < 4.78 is 4.58. The summed E-state index contributed by atoms with van der Waals surface area (Å²) in [4.78, 5) is 12.5. The topological polar surface area (TPSA) is 55.6 Å². The largest absolute Gasteiger partial charge is 0.444 e. The number of primary amides is 1. The number of carbonyl (C=O) groups is 1. The van der Waals surface area contributed by atoms with Gasteiger partial charge >= 0.3 is 6.09 Å². The van der Waals surface area contributed by atoms with Gasteiger partial charge in [-0.25, -0.2) is 4.79 Å². The van der Waals surface area contributed by atoms with E-state index in [4.69, 9.17) is 5.73 Å². The molecule has 168 valence electrons. The molecule has 0 aliphatic carbocycles. The summed E-state index contributed by atoms with van der Waals surface area (Å²) in [6, 6.07) is 32.8. The number of nitrogens with zero attached hydrogens (tertiary/aromatic N) is 1. The molecule has 1 aliphatic rings. The molecule has 4 rings (SSSR count). The molecule has 1 amide bonds. The zero-order valence-electron chi connectivity index (χ0n) is 19.5. The molecular formula is C28H34N2O2. The van der Waals surface area contributed by atoms with Gasteiger partial charge in [0.25, 0.3) is 0 Å². The standard InChI is InChI=1S/C23H23N.C5H11NO2/c1-24-18-22(17-19-11-5-2-6-12-19)23(24,20-13-7-3-8-14-20)21-15-9-4-10-16-21;1-5(2,3)8-4(6)7/h2-16,22H,17-18H2,1H3;1-3H3,(H2,6,7). The molecule has 3 aromatic carbocycles. The zero-order chi connectivity index (χ0) is 23.2. The van der Waals surface area contributed by atoms with Gasteiger partial charge in [-0.3, -0.25) is 4.90 Å². The first-order chi connectivity index (χ1) is 15.2. The maximum atomic E-state index is 10.0. The molecule has 0 bridgehead atoms. The minimum absolute atomic E-state index is 0.0294. The first-order valence-electron chi connectivity index (χ1n) is 11.1. The molecule has 0 radical (unpaired) electrons. The van der Waals surface area contributed by atoms with Crippen LogP contribution in [-0.2, 0) is 16.7 Å². The minimum atomic E-state index is -0.725. The van der Waals surface area contributed by atoms with E-state index in [9.17, 15) is 4.79 Å². The van der Waals surface area contributed by atoms with Crippen LogP contribution < -0.4 is 5.73 Å². The molecule has 1 atom stereocenters. The Morgan fingerprint density at radius 2 is 1.34 bits per heavy atom. The van der Waals surface area contributed by atoms with Crippen LogP contribution in [0.5, 0.6) is 0 Å². The number of hydrogen-bond acceptors (Lipinski definition) is 3. The molecule has 32 heavy (non-hydrogen) atoms. The maximum absolute atomic E-state index is 10.0. The van der Waals surface area contributed by atoms with Crippen molar-refractivity contribution in [3.8, 4) is 0 Å². The van der Waals surface area contributed by atoms with E-state index in [-0.39, 0.29) is 5.54 Å². The van der Waals surface area contributed by atoms with Gasteiger partial charge in [0.1, 0.15) is 5.60 Å². The second-order valence-corrected chi connectivity index (χ2v) is 9.30. The van der Waals surface area contributed by atoms with Gasteiger partial charge in [-0.2, -0.15) is 0 Å². The van der Waals surface area contributed by atoms with Crippen molar-refractivity contribution in [2.45, 2.75) is 38.3 Å². The third-order valence-electron chi connectivity index (χ3n) is 5.85. The van der Waals surface area contributed by atoms with Gasteiger partial charge < -0.3 is 10.5 Å². The number of nitrogens with two attached hydrogens (primary N) is 1. The molecule has 1 saturated heterocycles. The van der Waals surface area contributed by atoms with Crippen LogP contribution in [0, 0.1) is 5.92 Å². The van der Waals surface area contributed by atoms with Crippen LogP contribution >= 0.6 is 0 Å². The number of ether oxygens (including phenoxy) is 1. The first-order valence-corrected chi connectivity index (χ1v) is 11.1. The lowest BCUT2D eigenvalue weighted by Crippen LogP contribution is -2.64. The van der Waals surface area contributed by atoms with E-state index in [0.717, 1.165) is 13.0 Å². The second kappa shape index (κ2) is 10.0. The van der Waals surface area contributed by atoms with Crippen LogP contribution in [0.25, 0.3) is 0 Å². The summed E-state index contributed by atoms with van der Waals surface area (Å²) in [5.41, 5.74) is 8.45. The van der Waals surface area contributed by atoms with E-state index >= 15 is 0 Å². The Morgan fingerprint density at radius 1 is 0.906 bits per heavy atom. The molecule has 3 aromatic rings. The van der Waals surface area contributed by atoms with Crippen molar-refractivity contribution in [2.75, 3.05) is 13.6 Å². The Hall–Kier alpha value is -3.11. The Morgan fingerprint density at radius 3 is 1.69 bits per heavy atom. The summed E-state index contributed by atoms with van der Waals surface area (Å²) in [6.07, 6.45) is 0.382. The summed E-state index contributed by atoms with van der Waals surface area (Å²) in [5.74, 6) is 0.578. The molecule has 0 aromatic heterocycles. The van der Waals surface area contributed by atoms with Crippen molar-refractivity contribution in [3.63, 3.8) is 0 Å². The van der Waals surface area contributed by atoms with Gasteiger partial charge in [0.15, 0.2) is 0 Å². The second-order valence-electron chi connectivity index (χ2n) is 9.30. The third-order valence-corrected chi connectivity index (χ3v) is 5.85. The SMILES string of the molecule is CC(C)(C)OC(N)=O.CN1CC(Cc2ccccc2)C1(c1ccccc1)c1ccccc1. The van der Waals surface area contributed by atoms with E-state index in [1.807, 2.05) is 0 Å². The van der Waals surface area contributed by atoms with Gasteiger partial charge in [0.2, 0.25) is 0 Å². The lowest BCUT2D eigenvalue weighted by atomic mass is 9.63. The summed E-state index contributed by atoms with van der Waals surface area (Å²) in [7, 11) is 2.25. The van der Waals surface area contributed by atoms with E-state index in [0.29, 0.717) is 5.92 Å². The molecule has 1 heterocycles. The van der Waals surface area contributed by atoms with Crippen LogP contribution in [0.3, 0.4) is 0 Å². The van der Waals surface area contributed by atoms with Crippen molar-refractivity contribution >= 4 is 6.09 Å². The molecular weight excluding hydrogens is 396 g/mol. The molecule has 4 nitrogen and oxygen atoms in total. The molecule has 0 saturated carbocycles. The van der Waals surface area contributed by atoms with Gasteiger partial charge in [-0.15, -0.1) is 0 Å². The monoisotopic (exact) mass is 430 g/mol. The van der Waals surface area contributed by atoms with Gasteiger partial charge in [0.05, 0.1) is 5.54 Å².